The molecule has 0 saturated carbocycles. The number of furan rings is 1. The number of nitrogens with one attached hydrogen (secondary N) is 1. The van der Waals surface area contributed by atoms with Gasteiger partial charge in [0.25, 0.3) is 5.91 Å². The molecule has 0 aliphatic carbocycles. The first-order chi connectivity index (χ1) is 17.9. The van der Waals surface area contributed by atoms with Crippen LogP contribution in [0.4, 0.5) is 15.0 Å². The number of nitrogens with two attached hydrogens (primary N) is 1. The number of anilines is 1. The van der Waals surface area contributed by atoms with Crippen LogP contribution in [0.25, 0.3) is 11.0 Å². The van der Waals surface area contributed by atoms with Gasteiger partial charge in [-0.1, -0.05) is 23.2 Å². The minimum atomic E-state index is -0.807. The van der Waals surface area contributed by atoms with Crippen LogP contribution >= 0.6 is 23.2 Å². The van der Waals surface area contributed by atoms with E-state index in [0.29, 0.717) is 31.3 Å². The lowest BCUT2D eigenvalue weighted by Gasteiger charge is -2.33. The summed E-state index contributed by atoms with van der Waals surface area (Å²) in [6.07, 6.45) is 2.71. The van der Waals surface area contributed by atoms with Crippen LogP contribution in [0.15, 0.2) is 29.0 Å². The number of nitrogen functional groups attached to an aromatic ring is 1. The summed E-state index contributed by atoms with van der Waals surface area (Å²) in [7, 11) is 0. The summed E-state index contributed by atoms with van der Waals surface area (Å²) in [5.41, 5.74) is 6.18. The molecule has 3 N–H and O–H groups in total. The number of benzene rings is 1. The largest absolute Gasteiger partial charge is 0.478 e. The molecule has 0 bridgehead atoms. The Labute approximate surface area is 229 Å². The zero-order chi connectivity index (χ0) is 27.8. The van der Waals surface area contributed by atoms with E-state index in [0.717, 1.165) is 6.07 Å². The first-order valence-corrected chi connectivity index (χ1v) is 12.9. The number of piperidine rings is 1. The fourth-order valence-electron chi connectivity index (χ4n) is 4.22. The molecule has 2 amide bonds. The zero-order valence-corrected chi connectivity index (χ0v) is 23.0. The van der Waals surface area contributed by atoms with Crippen LogP contribution in [-0.2, 0) is 4.74 Å². The van der Waals surface area contributed by atoms with Gasteiger partial charge in [0.05, 0.1) is 16.0 Å². The fraction of sp³-hybridized carbons (Fsp3) is 0.423. The third-order valence-corrected chi connectivity index (χ3v) is 6.82. The van der Waals surface area contributed by atoms with Gasteiger partial charge >= 0.3 is 6.09 Å². The molecule has 0 unspecified atom stereocenters. The molecule has 38 heavy (non-hydrogen) atoms. The second-order valence-electron chi connectivity index (χ2n) is 10.1. The highest BCUT2D eigenvalue weighted by Crippen LogP contribution is 2.39. The van der Waals surface area contributed by atoms with Gasteiger partial charge in [0.2, 0.25) is 5.75 Å². The summed E-state index contributed by atoms with van der Waals surface area (Å²) in [4.78, 5) is 31.2. The minimum absolute atomic E-state index is 0.0174. The van der Waals surface area contributed by atoms with Gasteiger partial charge in [-0.25, -0.2) is 14.2 Å². The van der Waals surface area contributed by atoms with Gasteiger partial charge in [0.15, 0.2) is 11.4 Å². The second kappa shape index (κ2) is 10.9. The van der Waals surface area contributed by atoms with E-state index >= 15 is 0 Å². The Morgan fingerprint density at radius 1 is 1.26 bits per heavy atom. The third-order valence-electron chi connectivity index (χ3n) is 6.11. The zero-order valence-electron chi connectivity index (χ0n) is 21.4. The second-order valence-corrected chi connectivity index (χ2v) is 10.9. The number of rotatable bonds is 5. The Hall–Kier alpha value is -3.24. The fourth-order valence-corrected chi connectivity index (χ4v) is 4.89. The quantitative estimate of drug-likeness (QED) is 0.356. The van der Waals surface area contributed by atoms with Crippen LogP contribution in [0.2, 0.25) is 10.0 Å². The SMILES string of the molecule is C[C@@H](Oc1c(N)ncc2c(C(=O)NC3CCN(C(=O)OC(C)(C)C)CC3)coc12)c1c(Cl)ccc(F)c1Cl. The number of carbonyl (C=O) groups is 2. The highest BCUT2D eigenvalue weighted by atomic mass is 35.5. The van der Waals surface area contributed by atoms with Gasteiger partial charge in [-0.2, -0.15) is 0 Å². The Balaban J connectivity index is 1.48. The molecule has 0 radical (unpaired) electrons. The molecule has 12 heteroatoms. The van der Waals surface area contributed by atoms with Crippen molar-refractivity contribution in [3.05, 3.63) is 51.6 Å². The molecule has 4 rings (SSSR count). The number of aromatic nitrogens is 1. The van der Waals surface area contributed by atoms with E-state index in [2.05, 4.69) is 10.3 Å². The number of hydrogen-bond donors (Lipinski definition) is 2. The maximum atomic E-state index is 14.0. The van der Waals surface area contributed by atoms with Crippen LogP contribution in [0, 0.1) is 5.82 Å². The Kier molecular flexibility index (Phi) is 7.94. The van der Waals surface area contributed by atoms with Crippen LogP contribution in [0.3, 0.4) is 0 Å². The molecular weight excluding hydrogens is 538 g/mol. The lowest BCUT2D eigenvalue weighted by atomic mass is 10.0. The van der Waals surface area contributed by atoms with Crippen molar-refractivity contribution < 1.29 is 27.9 Å². The van der Waals surface area contributed by atoms with Gasteiger partial charge in [0, 0.05) is 35.9 Å². The first kappa shape index (κ1) is 27.8. The number of amides is 2. The molecular formula is C26H29Cl2FN4O5. The highest BCUT2D eigenvalue weighted by Gasteiger charge is 2.29. The Bertz CT molecular complexity index is 1370. The molecule has 3 aromatic rings. The van der Waals surface area contributed by atoms with Crippen molar-refractivity contribution in [2.75, 3.05) is 18.8 Å². The molecule has 1 saturated heterocycles. The smallest absolute Gasteiger partial charge is 0.410 e. The van der Waals surface area contributed by atoms with Crippen molar-refractivity contribution in [1.29, 1.82) is 0 Å². The summed E-state index contributed by atoms with van der Waals surface area (Å²) >= 11 is 12.3. The van der Waals surface area contributed by atoms with E-state index < -0.39 is 17.5 Å². The van der Waals surface area contributed by atoms with Crippen molar-refractivity contribution in [1.82, 2.24) is 15.2 Å². The van der Waals surface area contributed by atoms with E-state index in [1.54, 1.807) is 11.8 Å². The Morgan fingerprint density at radius 3 is 2.61 bits per heavy atom. The summed E-state index contributed by atoms with van der Waals surface area (Å²) in [6.45, 7) is 8.01. The summed E-state index contributed by atoms with van der Waals surface area (Å²) < 4.78 is 31.1. The number of ether oxygens (including phenoxy) is 2. The van der Waals surface area contributed by atoms with E-state index in [4.69, 9.17) is 42.8 Å². The summed E-state index contributed by atoms with van der Waals surface area (Å²) in [5, 5.41) is 3.44. The molecule has 0 spiro atoms. The average molecular weight is 567 g/mol. The van der Waals surface area contributed by atoms with Crippen molar-refractivity contribution in [3.63, 3.8) is 0 Å². The molecule has 9 nitrogen and oxygen atoms in total. The maximum Gasteiger partial charge on any atom is 0.410 e. The van der Waals surface area contributed by atoms with Gasteiger partial charge in [-0.15, -0.1) is 0 Å². The third kappa shape index (κ3) is 5.91. The highest BCUT2D eigenvalue weighted by molar-refractivity contribution is 6.36. The number of nitrogens with zero attached hydrogens (tertiary/aromatic N) is 2. The van der Waals surface area contributed by atoms with Gasteiger partial charge in [-0.3, -0.25) is 4.79 Å². The first-order valence-electron chi connectivity index (χ1n) is 12.1. The van der Waals surface area contributed by atoms with Crippen LogP contribution in [0.1, 0.15) is 62.6 Å². The number of pyridine rings is 1. The number of carbonyl (C=O) groups excluding carboxylic acids is 2. The summed E-state index contributed by atoms with van der Waals surface area (Å²) in [5.74, 6) is -0.902. The predicted octanol–water partition coefficient (Wildman–Crippen LogP) is 6.13. The topological polar surface area (TPSA) is 120 Å². The molecule has 1 fully saturated rings. The molecule has 1 aliphatic heterocycles. The van der Waals surface area contributed by atoms with E-state index in [9.17, 15) is 14.0 Å². The number of likely N-dealkylation sites (tertiary alicyclic amines) is 1. The number of fused-ring (bicyclic) bond motifs is 1. The monoisotopic (exact) mass is 566 g/mol. The normalized spacial score (nSPS) is 15.4. The van der Waals surface area contributed by atoms with Crippen LogP contribution in [0.5, 0.6) is 5.75 Å². The van der Waals surface area contributed by atoms with Gasteiger partial charge in [-0.05, 0) is 52.7 Å². The van der Waals surface area contributed by atoms with Gasteiger partial charge < -0.3 is 29.8 Å². The lowest BCUT2D eigenvalue weighted by Crippen LogP contribution is -2.47. The standard InChI is InChI=1S/C26H29Cl2FN4O5/c1-13(19-17(27)5-6-18(29)20(19)28)37-22-21-15(11-31-23(22)30)16(12-36-21)24(34)32-14-7-9-33(10-8-14)25(35)38-26(2,3)4/h5-6,11-14H,7-10H2,1-4H3,(H2,30,31)(H,32,34)/t13-/m1/s1. The lowest BCUT2D eigenvalue weighted by molar-refractivity contribution is 0.0199. The Morgan fingerprint density at radius 2 is 1.95 bits per heavy atom. The van der Waals surface area contributed by atoms with Crippen molar-refractivity contribution >= 4 is 52.0 Å². The van der Waals surface area contributed by atoms with Crippen molar-refractivity contribution in [2.24, 2.45) is 0 Å². The van der Waals surface area contributed by atoms with Crippen molar-refractivity contribution in [3.8, 4) is 5.75 Å². The van der Waals surface area contributed by atoms with E-state index in [-0.39, 0.29) is 56.4 Å². The molecule has 1 aliphatic rings. The molecule has 1 aromatic carbocycles. The summed E-state index contributed by atoms with van der Waals surface area (Å²) in [6, 6.07) is 2.41. The maximum absolute atomic E-state index is 14.0. The number of halogens is 3. The molecule has 2 aromatic heterocycles. The minimum Gasteiger partial charge on any atom is -0.478 e. The van der Waals surface area contributed by atoms with Crippen LogP contribution < -0.4 is 15.8 Å². The van der Waals surface area contributed by atoms with E-state index in [1.165, 1.54) is 18.5 Å². The number of hydrogen-bond acceptors (Lipinski definition) is 7. The predicted molar refractivity (Wildman–Crippen MR) is 142 cm³/mol. The van der Waals surface area contributed by atoms with E-state index in [1.807, 2.05) is 20.8 Å². The van der Waals surface area contributed by atoms with Crippen LogP contribution in [-0.4, -0.2) is 46.6 Å². The average Bonchev–Trinajstić information content (AvgIpc) is 3.27. The molecule has 3 heterocycles. The molecule has 204 valence electrons. The van der Waals surface area contributed by atoms with Gasteiger partial charge in [0.1, 0.15) is 23.8 Å². The van der Waals surface area contributed by atoms with Crippen molar-refractivity contribution in [2.45, 2.75) is 58.3 Å². The molecule has 1 atom stereocenters.